The van der Waals surface area contributed by atoms with Crippen LogP contribution < -0.4 is 5.32 Å². The molecule has 0 saturated carbocycles. The Morgan fingerprint density at radius 2 is 2.08 bits per heavy atom. The van der Waals surface area contributed by atoms with Gasteiger partial charge in [0.05, 0.1) is 17.8 Å². The minimum absolute atomic E-state index is 0.0598. The number of aliphatic hydroxyl groups is 1. The van der Waals surface area contributed by atoms with Crippen molar-refractivity contribution in [1.29, 1.82) is 0 Å². The van der Waals surface area contributed by atoms with E-state index in [1.807, 2.05) is 50.4 Å². The highest BCUT2D eigenvalue weighted by molar-refractivity contribution is 7.09. The summed E-state index contributed by atoms with van der Waals surface area (Å²) >= 11 is 1.52. The van der Waals surface area contributed by atoms with Crippen molar-refractivity contribution >= 4 is 22.9 Å². The Morgan fingerprint density at radius 3 is 2.62 bits per heavy atom. The third-order valence-electron chi connectivity index (χ3n) is 4.13. The third-order valence-corrected chi connectivity index (χ3v) is 4.91. The van der Waals surface area contributed by atoms with E-state index >= 15 is 0 Å². The average Bonchev–Trinajstić information content (AvgIpc) is 3.02. The zero-order chi connectivity index (χ0) is 19.3. The lowest BCUT2D eigenvalue weighted by atomic mass is 10.0. The summed E-state index contributed by atoms with van der Waals surface area (Å²) in [4.78, 5) is 15.7. The van der Waals surface area contributed by atoms with Gasteiger partial charge in [-0.2, -0.15) is 0 Å². The lowest BCUT2D eigenvalue weighted by Gasteiger charge is -2.27. The van der Waals surface area contributed by atoms with Crippen molar-refractivity contribution in [3.05, 3.63) is 57.6 Å². The maximum absolute atomic E-state index is 11.3. The fourth-order valence-electron chi connectivity index (χ4n) is 2.77. The Hall–Kier alpha value is -2.02. The summed E-state index contributed by atoms with van der Waals surface area (Å²) in [5, 5.41) is 16.7. The molecule has 2 N–H and O–H groups in total. The van der Waals surface area contributed by atoms with E-state index in [-0.39, 0.29) is 12.0 Å². The van der Waals surface area contributed by atoms with E-state index in [1.165, 1.54) is 24.5 Å². The van der Waals surface area contributed by atoms with Crippen LogP contribution in [-0.4, -0.2) is 29.2 Å². The summed E-state index contributed by atoms with van der Waals surface area (Å²) in [6.07, 6.45) is 2.24. The van der Waals surface area contributed by atoms with Crippen LogP contribution in [0.4, 0.5) is 0 Å². The summed E-state index contributed by atoms with van der Waals surface area (Å²) in [7, 11) is 1.37. The molecule has 5 nitrogen and oxygen atoms in total. The number of benzene rings is 1. The van der Waals surface area contributed by atoms with Crippen LogP contribution in [0.5, 0.6) is 0 Å². The molecular formula is C20H26N2O3S. The standard InChI is InChI=1S/C20H26N2O3S/c1-13(10-19(23)25-5)17-8-6-16(7-9-17)11-14(2)22-20(4,24)18-12-26-15(3)21-18/h6-10,12,14,22,24H,11H2,1-5H3. The first-order valence-electron chi connectivity index (χ1n) is 8.49. The average molecular weight is 375 g/mol. The van der Waals surface area contributed by atoms with Crippen LogP contribution in [0, 0.1) is 6.92 Å². The Morgan fingerprint density at radius 1 is 1.42 bits per heavy atom. The van der Waals surface area contributed by atoms with Gasteiger partial charge in [-0.3, -0.25) is 5.32 Å². The number of nitrogens with zero attached hydrogens (tertiary/aromatic N) is 1. The van der Waals surface area contributed by atoms with Gasteiger partial charge >= 0.3 is 5.97 Å². The van der Waals surface area contributed by atoms with Crippen LogP contribution in [0.2, 0.25) is 0 Å². The van der Waals surface area contributed by atoms with E-state index in [0.29, 0.717) is 5.69 Å². The van der Waals surface area contributed by atoms with Crippen LogP contribution in [0.1, 0.15) is 42.6 Å². The molecule has 0 aliphatic carbocycles. The van der Waals surface area contributed by atoms with Crippen LogP contribution >= 0.6 is 11.3 Å². The zero-order valence-electron chi connectivity index (χ0n) is 15.9. The predicted molar refractivity (Wildman–Crippen MR) is 105 cm³/mol. The molecule has 2 atom stereocenters. The Labute approximate surface area is 158 Å². The van der Waals surface area contributed by atoms with Crippen LogP contribution in [-0.2, 0) is 21.7 Å². The monoisotopic (exact) mass is 374 g/mol. The number of esters is 1. The van der Waals surface area contributed by atoms with Crippen molar-refractivity contribution in [3.63, 3.8) is 0 Å². The number of carbonyl (C=O) groups excluding carboxylic acids is 1. The van der Waals surface area contributed by atoms with Gasteiger partial charge in [0.1, 0.15) is 0 Å². The molecule has 1 aromatic heterocycles. The van der Waals surface area contributed by atoms with Gasteiger partial charge in [-0.05, 0) is 50.8 Å². The van der Waals surface area contributed by atoms with Gasteiger partial charge in [0, 0.05) is 17.5 Å². The molecule has 0 bridgehead atoms. The minimum atomic E-state index is -1.16. The largest absolute Gasteiger partial charge is 0.466 e. The molecular weight excluding hydrogens is 348 g/mol. The highest BCUT2D eigenvalue weighted by Crippen LogP contribution is 2.21. The molecule has 140 valence electrons. The zero-order valence-corrected chi connectivity index (χ0v) is 16.7. The molecule has 0 fully saturated rings. The first kappa shape index (κ1) is 20.3. The smallest absolute Gasteiger partial charge is 0.330 e. The number of carbonyl (C=O) groups is 1. The number of hydrogen-bond acceptors (Lipinski definition) is 6. The van der Waals surface area contributed by atoms with Gasteiger partial charge < -0.3 is 9.84 Å². The molecule has 0 radical (unpaired) electrons. The number of methoxy groups -OCH3 is 1. The second kappa shape index (κ2) is 8.58. The summed E-state index contributed by atoms with van der Waals surface area (Å²) in [5.74, 6) is -0.357. The quantitative estimate of drug-likeness (QED) is 0.441. The number of thiazole rings is 1. The Kier molecular flexibility index (Phi) is 6.69. The van der Waals surface area contributed by atoms with Crippen molar-refractivity contribution in [1.82, 2.24) is 10.3 Å². The van der Waals surface area contributed by atoms with Crippen LogP contribution in [0.15, 0.2) is 35.7 Å². The third kappa shape index (κ3) is 5.49. The lowest BCUT2D eigenvalue weighted by Crippen LogP contribution is -2.45. The summed E-state index contributed by atoms with van der Waals surface area (Å²) in [6, 6.07) is 8.09. The summed E-state index contributed by atoms with van der Waals surface area (Å²) in [5.41, 5.74) is 2.46. The topological polar surface area (TPSA) is 71.5 Å². The summed E-state index contributed by atoms with van der Waals surface area (Å²) in [6.45, 7) is 7.56. The second-order valence-electron chi connectivity index (χ2n) is 6.62. The number of allylic oxidation sites excluding steroid dienone is 1. The normalized spacial score (nSPS) is 15.4. The highest BCUT2D eigenvalue weighted by Gasteiger charge is 2.27. The van der Waals surface area contributed by atoms with Gasteiger partial charge in [-0.25, -0.2) is 9.78 Å². The van der Waals surface area contributed by atoms with E-state index in [9.17, 15) is 9.90 Å². The summed E-state index contributed by atoms with van der Waals surface area (Å²) < 4.78 is 4.65. The maximum atomic E-state index is 11.3. The number of nitrogens with one attached hydrogen (secondary N) is 1. The van der Waals surface area contributed by atoms with Gasteiger partial charge in [0.15, 0.2) is 5.72 Å². The molecule has 0 saturated heterocycles. The fourth-order valence-corrected chi connectivity index (χ4v) is 3.48. The molecule has 0 spiro atoms. The van der Waals surface area contributed by atoms with E-state index in [0.717, 1.165) is 28.1 Å². The molecule has 2 aromatic rings. The number of aromatic nitrogens is 1. The lowest BCUT2D eigenvalue weighted by molar-refractivity contribution is -0.134. The Balaban J connectivity index is 2.00. The van der Waals surface area contributed by atoms with Gasteiger partial charge in [0.25, 0.3) is 0 Å². The predicted octanol–water partition coefficient (Wildman–Crippen LogP) is 3.41. The van der Waals surface area contributed by atoms with E-state index in [2.05, 4.69) is 15.0 Å². The number of ether oxygens (including phenoxy) is 1. The van der Waals surface area contributed by atoms with Crippen molar-refractivity contribution in [2.75, 3.05) is 7.11 Å². The fraction of sp³-hybridized carbons (Fsp3) is 0.400. The SMILES string of the molecule is COC(=O)C=C(C)c1ccc(CC(C)NC(C)(O)c2csc(C)n2)cc1. The molecule has 26 heavy (non-hydrogen) atoms. The number of rotatable bonds is 7. The van der Waals surface area contributed by atoms with Crippen LogP contribution in [0.3, 0.4) is 0 Å². The van der Waals surface area contributed by atoms with Gasteiger partial charge in [-0.1, -0.05) is 24.3 Å². The van der Waals surface area contributed by atoms with E-state index < -0.39 is 5.72 Å². The number of hydrogen-bond donors (Lipinski definition) is 2. The van der Waals surface area contributed by atoms with Gasteiger partial charge in [0.2, 0.25) is 0 Å². The first-order chi connectivity index (χ1) is 12.2. The number of aryl methyl sites for hydroxylation is 1. The molecule has 1 heterocycles. The molecule has 2 rings (SSSR count). The first-order valence-corrected chi connectivity index (χ1v) is 9.37. The molecule has 2 unspecified atom stereocenters. The van der Waals surface area contributed by atoms with Crippen molar-refractivity contribution in [2.24, 2.45) is 0 Å². The molecule has 0 amide bonds. The van der Waals surface area contributed by atoms with Crippen molar-refractivity contribution < 1.29 is 14.6 Å². The van der Waals surface area contributed by atoms with E-state index in [1.54, 1.807) is 6.92 Å². The minimum Gasteiger partial charge on any atom is -0.466 e. The van der Waals surface area contributed by atoms with Crippen LogP contribution in [0.25, 0.3) is 5.57 Å². The second-order valence-corrected chi connectivity index (χ2v) is 7.68. The molecule has 1 aromatic carbocycles. The maximum Gasteiger partial charge on any atom is 0.330 e. The molecule has 6 heteroatoms. The van der Waals surface area contributed by atoms with Crippen molar-refractivity contribution in [3.8, 4) is 0 Å². The Bertz CT molecular complexity index is 779. The molecule has 0 aliphatic rings. The van der Waals surface area contributed by atoms with E-state index in [4.69, 9.17) is 0 Å². The molecule has 0 aliphatic heterocycles. The van der Waals surface area contributed by atoms with Gasteiger partial charge in [-0.15, -0.1) is 11.3 Å². The highest BCUT2D eigenvalue weighted by atomic mass is 32.1. The van der Waals surface area contributed by atoms with Crippen molar-refractivity contribution in [2.45, 2.75) is 45.9 Å².